The van der Waals surface area contributed by atoms with E-state index in [1.807, 2.05) is 11.0 Å². The molecule has 1 saturated heterocycles. The third-order valence-corrected chi connectivity index (χ3v) is 3.26. The normalized spacial score (nSPS) is 16.1. The van der Waals surface area contributed by atoms with Crippen molar-refractivity contribution in [3.63, 3.8) is 0 Å². The number of hydrogen-bond donors (Lipinski definition) is 1. The number of halogens is 1. The molecule has 2 rings (SSSR count). The second-order valence-electron chi connectivity index (χ2n) is 4.33. The Labute approximate surface area is 105 Å². The van der Waals surface area contributed by atoms with Gasteiger partial charge in [0.25, 0.3) is 0 Å². The molecule has 0 amide bonds. The number of benzene rings is 1. The van der Waals surface area contributed by atoms with Gasteiger partial charge in [0.15, 0.2) is 0 Å². The zero-order valence-electron chi connectivity index (χ0n) is 10.2. The summed E-state index contributed by atoms with van der Waals surface area (Å²) >= 11 is 0. The number of hydrogen-bond acceptors (Lipinski definition) is 4. The molecule has 0 unspecified atom stereocenters. The lowest BCUT2D eigenvalue weighted by Crippen LogP contribution is -2.46. The van der Waals surface area contributed by atoms with Crippen molar-refractivity contribution in [3.8, 4) is 11.8 Å². The number of ether oxygens (including phenoxy) is 1. The summed E-state index contributed by atoms with van der Waals surface area (Å²) in [5, 5.41) is 17.7. The molecule has 1 aromatic carbocycles. The Bertz CT molecular complexity index is 479. The summed E-state index contributed by atoms with van der Waals surface area (Å²) in [7, 11) is 1.49. The molecule has 1 N–H and O–H groups in total. The van der Waals surface area contributed by atoms with Gasteiger partial charge in [0.2, 0.25) is 0 Å². The Kier molecular flexibility index (Phi) is 3.80. The Morgan fingerprint density at radius 2 is 2.28 bits per heavy atom. The lowest BCUT2D eigenvalue weighted by Gasteiger charge is -2.39. The van der Waals surface area contributed by atoms with Crippen molar-refractivity contribution < 1.29 is 14.2 Å². The zero-order chi connectivity index (χ0) is 13.1. The Balaban J connectivity index is 2.25. The number of aliphatic hydroxyl groups is 1. The molecular formula is C13H15FN2O2. The van der Waals surface area contributed by atoms with E-state index >= 15 is 0 Å². The van der Waals surface area contributed by atoms with Gasteiger partial charge in [-0.3, -0.25) is 4.90 Å². The molecule has 0 radical (unpaired) electrons. The van der Waals surface area contributed by atoms with Crippen molar-refractivity contribution >= 4 is 0 Å². The standard InChI is InChI=1S/C13H15FN2O2/c1-18-11-3-2-9(6-15)13(14)12(11)10-7-16(8-10)4-5-17/h2-3,10,17H,4-5,7-8H2,1H3. The molecule has 0 bridgehead atoms. The van der Waals surface area contributed by atoms with Crippen LogP contribution in [0.25, 0.3) is 0 Å². The van der Waals surface area contributed by atoms with Crippen LogP contribution in [-0.2, 0) is 0 Å². The SMILES string of the molecule is COc1ccc(C#N)c(F)c1C1CN(CCO)C1. The summed E-state index contributed by atoms with van der Waals surface area (Å²) in [5.41, 5.74) is 0.525. The highest BCUT2D eigenvalue weighted by Crippen LogP contribution is 2.36. The van der Waals surface area contributed by atoms with E-state index in [1.165, 1.54) is 13.2 Å². The maximum absolute atomic E-state index is 14.1. The molecule has 18 heavy (non-hydrogen) atoms. The van der Waals surface area contributed by atoms with Gasteiger partial charge in [-0.1, -0.05) is 0 Å². The van der Waals surface area contributed by atoms with Crippen LogP contribution < -0.4 is 4.74 Å². The Morgan fingerprint density at radius 3 is 2.83 bits per heavy atom. The van der Waals surface area contributed by atoms with E-state index in [2.05, 4.69) is 0 Å². The van der Waals surface area contributed by atoms with Gasteiger partial charge in [0.1, 0.15) is 17.6 Å². The summed E-state index contributed by atoms with van der Waals surface area (Å²) in [4.78, 5) is 2.03. The van der Waals surface area contributed by atoms with Crippen molar-refractivity contribution in [2.75, 3.05) is 33.4 Å². The van der Waals surface area contributed by atoms with Gasteiger partial charge in [0.05, 0.1) is 19.3 Å². The van der Waals surface area contributed by atoms with Crippen LogP contribution in [0.2, 0.25) is 0 Å². The molecule has 0 aliphatic carbocycles. The van der Waals surface area contributed by atoms with Gasteiger partial charge >= 0.3 is 0 Å². The van der Waals surface area contributed by atoms with Crippen LogP contribution in [0.4, 0.5) is 4.39 Å². The van der Waals surface area contributed by atoms with Gasteiger partial charge in [-0.2, -0.15) is 5.26 Å². The fourth-order valence-electron chi connectivity index (χ4n) is 2.30. The van der Waals surface area contributed by atoms with Crippen molar-refractivity contribution in [2.45, 2.75) is 5.92 Å². The first-order valence-electron chi connectivity index (χ1n) is 5.81. The first-order valence-corrected chi connectivity index (χ1v) is 5.81. The molecule has 1 aliphatic rings. The minimum absolute atomic E-state index is 0.0276. The molecule has 1 aliphatic heterocycles. The van der Waals surface area contributed by atoms with Crippen LogP contribution in [0.3, 0.4) is 0 Å². The number of nitrogens with zero attached hydrogens (tertiary/aromatic N) is 2. The summed E-state index contributed by atoms with van der Waals surface area (Å²) in [6, 6.07) is 4.91. The van der Waals surface area contributed by atoms with Crippen molar-refractivity contribution in [1.29, 1.82) is 5.26 Å². The fraction of sp³-hybridized carbons (Fsp3) is 0.462. The Morgan fingerprint density at radius 1 is 1.56 bits per heavy atom. The van der Waals surface area contributed by atoms with Crippen LogP contribution in [0.5, 0.6) is 5.75 Å². The van der Waals surface area contributed by atoms with E-state index in [-0.39, 0.29) is 18.1 Å². The van der Waals surface area contributed by atoms with Crippen LogP contribution in [-0.4, -0.2) is 43.4 Å². The van der Waals surface area contributed by atoms with E-state index < -0.39 is 5.82 Å². The number of β-amino-alcohol motifs (C(OH)–C–C–N with tert-alkyl or cyclic N) is 1. The Hall–Kier alpha value is -1.64. The lowest BCUT2D eigenvalue weighted by atomic mass is 9.89. The summed E-state index contributed by atoms with van der Waals surface area (Å²) in [6.45, 7) is 2.06. The molecule has 4 nitrogen and oxygen atoms in total. The second-order valence-corrected chi connectivity index (χ2v) is 4.33. The zero-order valence-corrected chi connectivity index (χ0v) is 10.2. The highest BCUT2D eigenvalue weighted by molar-refractivity contribution is 5.46. The molecule has 1 heterocycles. The smallest absolute Gasteiger partial charge is 0.148 e. The van der Waals surface area contributed by atoms with Crippen LogP contribution in [0.15, 0.2) is 12.1 Å². The maximum Gasteiger partial charge on any atom is 0.148 e. The molecule has 0 atom stereocenters. The highest BCUT2D eigenvalue weighted by Gasteiger charge is 2.32. The van der Waals surface area contributed by atoms with Crippen molar-refractivity contribution in [2.24, 2.45) is 0 Å². The van der Waals surface area contributed by atoms with Gasteiger partial charge in [-0.15, -0.1) is 0 Å². The summed E-state index contributed by atoms with van der Waals surface area (Å²) in [5.74, 6) is 0.0328. The summed E-state index contributed by atoms with van der Waals surface area (Å²) < 4.78 is 19.3. The monoisotopic (exact) mass is 250 g/mol. The quantitative estimate of drug-likeness (QED) is 0.869. The third-order valence-electron chi connectivity index (χ3n) is 3.26. The third kappa shape index (κ3) is 2.17. The minimum atomic E-state index is -0.481. The van der Waals surface area contributed by atoms with Crippen LogP contribution in [0.1, 0.15) is 17.0 Å². The molecule has 1 fully saturated rings. The van der Waals surface area contributed by atoms with E-state index in [1.54, 1.807) is 6.07 Å². The lowest BCUT2D eigenvalue weighted by molar-refractivity contribution is 0.112. The van der Waals surface area contributed by atoms with E-state index in [0.29, 0.717) is 30.9 Å². The average Bonchev–Trinajstić information content (AvgIpc) is 2.33. The first kappa shape index (κ1) is 12.8. The van der Waals surface area contributed by atoms with Gasteiger partial charge in [0, 0.05) is 31.1 Å². The number of rotatable bonds is 4. The maximum atomic E-state index is 14.1. The molecule has 0 saturated carbocycles. The number of methoxy groups -OCH3 is 1. The molecular weight excluding hydrogens is 235 g/mol. The van der Waals surface area contributed by atoms with Crippen molar-refractivity contribution in [1.82, 2.24) is 4.90 Å². The highest BCUT2D eigenvalue weighted by atomic mass is 19.1. The topological polar surface area (TPSA) is 56.5 Å². The predicted octanol–water partition coefficient (Wildman–Crippen LogP) is 1.10. The molecule has 96 valence electrons. The van der Waals surface area contributed by atoms with Gasteiger partial charge in [-0.05, 0) is 12.1 Å². The molecule has 0 spiro atoms. The molecule has 0 aromatic heterocycles. The van der Waals surface area contributed by atoms with Gasteiger partial charge < -0.3 is 9.84 Å². The van der Waals surface area contributed by atoms with E-state index in [0.717, 1.165) is 0 Å². The number of nitriles is 1. The predicted molar refractivity (Wildman–Crippen MR) is 63.9 cm³/mol. The first-order chi connectivity index (χ1) is 8.71. The summed E-state index contributed by atoms with van der Waals surface area (Å²) in [6.07, 6.45) is 0. The number of aliphatic hydroxyl groups excluding tert-OH is 1. The molecule has 1 aromatic rings. The largest absolute Gasteiger partial charge is 0.496 e. The molecule has 5 heteroatoms. The fourth-order valence-corrected chi connectivity index (χ4v) is 2.30. The van der Waals surface area contributed by atoms with Crippen molar-refractivity contribution in [3.05, 3.63) is 29.1 Å². The second kappa shape index (κ2) is 5.34. The van der Waals surface area contributed by atoms with E-state index in [4.69, 9.17) is 15.1 Å². The average molecular weight is 250 g/mol. The van der Waals surface area contributed by atoms with Crippen LogP contribution >= 0.6 is 0 Å². The van der Waals surface area contributed by atoms with Gasteiger partial charge in [-0.25, -0.2) is 4.39 Å². The van der Waals surface area contributed by atoms with E-state index in [9.17, 15) is 4.39 Å². The number of likely N-dealkylation sites (tertiary alicyclic amines) is 1. The van der Waals surface area contributed by atoms with Crippen LogP contribution in [0, 0.1) is 17.1 Å². The minimum Gasteiger partial charge on any atom is -0.496 e.